The summed E-state index contributed by atoms with van der Waals surface area (Å²) in [7, 11) is -0.908. The van der Waals surface area contributed by atoms with Crippen LogP contribution in [0, 0.1) is 6.92 Å². The van der Waals surface area contributed by atoms with Crippen LogP contribution >= 0.6 is 11.3 Å². The van der Waals surface area contributed by atoms with Crippen molar-refractivity contribution < 1.29 is 13.4 Å². The number of aromatic nitrogens is 1. The predicted octanol–water partition coefficient (Wildman–Crippen LogP) is 1.82. The Labute approximate surface area is 117 Å². The first-order valence-corrected chi connectivity index (χ1v) is 8.27. The minimum absolute atomic E-state index is 0.253. The molecule has 102 valence electrons. The summed E-state index contributed by atoms with van der Waals surface area (Å²) in [5.74, 6) is 1.66. The fourth-order valence-corrected chi connectivity index (χ4v) is 2.59. The van der Waals surface area contributed by atoms with Gasteiger partial charge in [0.25, 0.3) is 5.91 Å². The normalized spacial score (nSPS) is 12.3. The number of nitrogens with zero attached hydrogens (tertiary/aromatic N) is 1. The molecule has 0 saturated carbocycles. The van der Waals surface area contributed by atoms with E-state index in [0.717, 1.165) is 5.76 Å². The highest BCUT2D eigenvalue weighted by Crippen LogP contribution is 2.25. The summed E-state index contributed by atoms with van der Waals surface area (Å²) in [4.78, 5) is 16.0. The minimum atomic E-state index is -0.908. The minimum Gasteiger partial charge on any atom is -0.459 e. The molecule has 5 nitrogen and oxygen atoms in total. The van der Waals surface area contributed by atoms with Crippen molar-refractivity contribution in [2.45, 2.75) is 6.92 Å². The molecule has 0 aliphatic carbocycles. The van der Waals surface area contributed by atoms with E-state index in [1.165, 1.54) is 11.3 Å². The van der Waals surface area contributed by atoms with Crippen LogP contribution in [0.5, 0.6) is 0 Å². The summed E-state index contributed by atoms with van der Waals surface area (Å²) in [6, 6.07) is 3.68. The summed E-state index contributed by atoms with van der Waals surface area (Å²) in [5, 5.41) is 5.05. The highest BCUT2D eigenvalue weighted by atomic mass is 32.2. The van der Waals surface area contributed by atoms with Gasteiger partial charge >= 0.3 is 0 Å². The van der Waals surface area contributed by atoms with Gasteiger partial charge in [-0.1, -0.05) is 0 Å². The van der Waals surface area contributed by atoms with E-state index in [-0.39, 0.29) is 5.91 Å². The number of amides is 1. The fraction of sp³-hybridized carbons (Fsp3) is 0.333. The number of thiazole rings is 1. The quantitative estimate of drug-likeness (QED) is 0.914. The van der Waals surface area contributed by atoms with Crippen LogP contribution < -0.4 is 5.32 Å². The van der Waals surface area contributed by atoms with Crippen molar-refractivity contribution in [3.63, 3.8) is 0 Å². The number of carbonyl (C=O) groups excluding carboxylic acids is 1. The van der Waals surface area contributed by atoms with Crippen LogP contribution in [0.25, 0.3) is 10.8 Å². The zero-order valence-corrected chi connectivity index (χ0v) is 12.3. The fourth-order valence-electron chi connectivity index (χ4n) is 1.44. The Bertz CT molecular complexity index is 604. The van der Waals surface area contributed by atoms with Gasteiger partial charge in [-0.05, 0) is 19.1 Å². The highest BCUT2D eigenvalue weighted by Gasteiger charge is 2.13. The van der Waals surface area contributed by atoms with Gasteiger partial charge in [0.2, 0.25) is 0 Å². The maximum absolute atomic E-state index is 11.8. The molecule has 7 heteroatoms. The first-order valence-electron chi connectivity index (χ1n) is 5.67. The van der Waals surface area contributed by atoms with Crippen molar-refractivity contribution in [2.75, 3.05) is 18.6 Å². The number of aryl methyl sites for hydroxylation is 1. The third kappa shape index (κ3) is 3.74. The molecule has 19 heavy (non-hydrogen) atoms. The summed E-state index contributed by atoms with van der Waals surface area (Å²) in [6.07, 6.45) is 1.60. The van der Waals surface area contributed by atoms with Crippen molar-refractivity contribution in [3.8, 4) is 10.8 Å². The molecule has 0 radical (unpaired) electrons. The Balaban J connectivity index is 2.00. The average Bonchev–Trinajstić information content (AvgIpc) is 2.96. The maximum Gasteiger partial charge on any atom is 0.270 e. The van der Waals surface area contributed by atoms with Crippen molar-refractivity contribution in [3.05, 3.63) is 29.0 Å². The molecule has 0 saturated heterocycles. The van der Waals surface area contributed by atoms with Gasteiger partial charge in [-0.15, -0.1) is 11.3 Å². The predicted molar refractivity (Wildman–Crippen MR) is 75.8 cm³/mol. The second kappa shape index (κ2) is 6.12. The molecule has 1 N–H and O–H groups in total. The van der Waals surface area contributed by atoms with E-state index in [0.29, 0.717) is 28.8 Å². The van der Waals surface area contributed by atoms with Gasteiger partial charge in [-0.2, -0.15) is 0 Å². The van der Waals surface area contributed by atoms with E-state index in [1.54, 1.807) is 11.6 Å². The number of nitrogens with one attached hydrogen (secondary N) is 1. The molecule has 0 aliphatic heterocycles. The van der Waals surface area contributed by atoms with Gasteiger partial charge in [0.15, 0.2) is 10.8 Å². The Morgan fingerprint density at radius 1 is 1.53 bits per heavy atom. The lowest BCUT2D eigenvalue weighted by Crippen LogP contribution is -2.27. The van der Waals surface area contributed by atoms with Crippen LogP contribution in [0.4, 0.5) is 0 Å². The molecule has 2 aromatic rings. The van der Waals surface area contributed by atoms with E-state index in [1.807, 2.05) is 19.1 Å². The topological polar surface area (TPSA) is 72.2 Å². The zero-order chi connectivity index (χ0) is 13.8. The van der Waals surface area contributed by atoms with Crippen molar-refractivity contribution in [1.82, 2.24) is 10.3 Å². The highest BCUT2D eigenvalue weighted by molar-refractivity contribution is 7.84. The summed E-state index contributed by atoms with van der Waals surface area (Å²) in [6.45, 7) is 2.24. The molecular weight excluding hydrogens is 284 g/mol. The third-order valence-electron chi connectivity index (χ3n) is 2.36. The van der Waals surface area contributed by atoms with Crippen molar-refractivity contribution in [1.29, 1.82) is 0 Å². The third-order valence-corrected chi connectivity index (χ3v) is 4.00. The second-order valence-electron chi connectivity index (χ2n) is 3.98. The molecule has 0 unspecified atom stereocenters. The number of hydrogen-bond acceptors (Lipinski definition) is 5. The smallest absolute Gasteiger partial charge is 0.270 e. The van der Waals surface area contributed by atoms with Crippen LogP contribution in [0.1, 0.15) is 16.2 Å². The summed E-state index contributed by atoms with van der Waals surface area (Å²) < 4.78 is 16.3. The maximum atomic E-state index is 11.8. The molecule has 0 bridgehead atoms. The molecule has 2 heterocycles. The van der Waals surface area contributed by atoms with E-state index in [4.69, 9.17) is 4.42 Å². The van der Waals surface area contributed by atoms with Gasteiger partial charge in [0.05, 0.1) is 0 Å². The largest absolute Gasteiger partial charge is 0.459 e. The lowest BCUT2D eigenvalue weighted by molar-refractivity contribution is 0.0952. The van der Waals surface area contributed by atoms with Gasteiger partial charge in [-0.3, -0.25) is 9.00 Å². The number of furan rings is 1. The van der Waals surface area contributed by atoms with Gasteiger partial charge < -0.3 is 9.73 Å². The SMILES string of the molecule is Cc1ccc(-c2nc(C(=O)NCC[S@@](C)=O)cs2)o1. The molecule has 0 fully saturated rings. The van der Waals surface area contributed by atoms with Gasteiger partial charge in [0, 0.05) is 34.7 Å². The molecule has 1 amide bonds. The molecule has 0 aromatic carbocycles. The number of carbonyl (C=O) groups is 1. The van der Waals surface area contributed by atoms with Gasteiger partial charge in [0.1, 0.15) is 11.5 Å². The Morgan fingerprint density at radius 2 is 2.32 bits per heavy atom. The molecule has 2 aromatic heterocycles. The first-order chi connectivity index (χ1) is 9.06. The number of rotatable bonds is 5. The molecule has 1 atom stereocenters. The molecule has 0 spiro atoms. The first kappa shape index (κ1) is 14.0. The number of hydrogen-bond donors (Lipinski definition) is 1. The van der Waals surface area contributed by atoms with Crippen LogP contribution in [0.2, 0.25) is 0 Å². The van der Waals surface area contributed by atoms with Crippen molar-refractivity contribution >= 4 is 28.0 Å². The van der Waals surface area contributed by atoms with Crippen LogP contribution in [0.3, 0.4) is 0 Å². The van der Waals surface area contributed by atoms with E-state index >= 15 is 0 Å². The summed E-state index contributed by atoms with van der Waals surface area (Å²) >= 11 is 1.36. The van der Waals surface area contributed by atoms with Crippen molar-refractivity contribution in [2.24, 2.45) is 0 Å². The van der Waals surface area contributed by atoms with Crippen LogP contribution in [0.15, 0.2) is 21.9 Å². The van der Waals surface area contributed by atoms with E-state index in [9.17, 15) is 9.00 Å². The van der Waals surface area contributed by atoms with E-state index < -0.39 is 10.8 Å². The molecule has 0 aliphatic rings. The standard InChI is InChI=1S/C12H14N2O3S2/c1-8-3-4-10(17-8)12-14-9(7-18-12)11(15)13-5-6-19(2)16/h3-4,7H,5-6H2,1-2H3,(H,13,15)/t19-/m1/s1. The molecule has 2 rings (SSSR count). The van der Waals surface area contributed by atoms with E-state index in [2.05, 4.69) is 10.3 Å². The lowest BCUT2D eigenvalue weighted by atomic mass is 10.4. The average molecular weight is 298 g/mol. The monoisotopic (exact) mass is 298 g/mol. The Kier molecular flexibility index (Phi) is 4.49. The van der Waals surface area contributed by atoms with Crippen LogP contribution in [-0.4, -0.2) is 33.7 Å². The lowest BCUT2D eigenvalue weighted by Gasteiger charge is -2.00. The summed E-state index contributed by atoms with van der Waals surface area (Å²) in [5.41, 5.74) is 0.357. The second-order valence-corrected chi connectivity index (χ2v) is 6.39. The van der Waals surface area contributed by atoms with Crippen LogP contribution in [-0.2, 0) is 10.8 Å². The molecular formula is C12H14N2O3S2. The zero-order valence-electron chi connectivity index (χ0n) is 10.6. The van der Waals surface area contributed by atoms with Gasteiger partial charge in [-0.25, -0.2) is 4.98 Å². The Hall–Kier alpha value is -1.47. The Morgan fingerprint density at radius 3 is 2.95 bits per heavy atom.